The van der Waals surface area contributed by atoms with Gasteiger partial charge in [0.15, 0.2) is 6.10 Å². The Bertz CT molecular complexity index is 742. The van der Waals surface area contributed by atoms with Gasteiger partial charge in [-0.05, 0) is 68.0 Å². The first-order valence-electron chi connectivity index (χ1n) is 9.02. The van der Waals surface area contributed by atoms with Gasteiger partial charge in [0.1, 0.15) is 11.5 Å². The second-order valence-corrected chi connectivity index (χ2v) is 6.22. The van der Waals surface area contributed by atoms with Crippen LogP contribution in [0.25, 0.3) is 0 Å². The van der Waals surface area contributed by atoms with Gasteiger partial charge >= 0.3 is 0 Å². The van der Waals surface area contributed by atoms with Crippen molar-refractivity contribution in [3.8, 4) is 11.5 Å². The van der Waals surface area contributed by atoms with E-state index in [1.165, 1.54) is 17.5 Å². The van der Waals surface area contributed by atoms with E-state index in [2.05, 4.69) is 17.4 Å². The first-order chi connectivity index (χ1) is 12.2. The number of nitrogens with one attached hydrogen (secondary N) is 1. The Kier molecular flexibility index (Phi) is 5.59. The minimum absolute atomic E-state index is 0.157. The van der Waals surface area contributed by atoms with E-state index in [-0.39, 0.29) is 5.91 Å². The lowest BCUT2D eigenvalue weighted by molar-refractivity contribution is -0.122. The molecule has 1 unspecified atom stereocenters. The first-order valence-corrected chi connectivity index (χ1v) is 9.02. The van der Waals surface area contributed by atoms with Crippen molar-refractivity contribution >= 4 is 11.6 Å². The van der Waals surface area contributed by atoms with Crippen LogP contribution in [0, 0.1) is 0 Å². The van der Waals surface area contributed by atoms with Crippen molar-refractivity contribution in [2.75, 3.05) is 11.9 Å². The third-order valence-corrected chi connectivity index (χ3v) is 4.46. The first kappa shape index (κ1) is 17.3. The van der Waals surface area contributed by atoms with Crippen LogP contribution in [-0.4, -0.2) is 18.6 Å². The molecule has 2 aromatic rings. The number of benzene rings is 2. The SMILES string of the molecule is CCOc1ccccc1NC(=O)C(CC)Oc1ccc2c(c1)CCC2. The fraction of sp³-hybridized carbons (Fsp3) is 0.381. The van der Waals surface area contributed by atoms with Crippen molar-refractivity contribution in [3.05, 3.63) is 53.6 Å². The van der Waals surface area contributed by atoms with E-state index in [4.69, 9.17) is 9.47 Å². The van der Waals surface area contributed by atoms with Gasteiger partial charge in [0.05, 0.1) is 12.3 Å². The summed E-state index contributed by atoms with van der Waals surface area (Å²) in [6, 6.07) is 13.6. The topological polar surface area (TPSA) is 47.6 Å². The number of carbonyl (C=O) groups excluding carboxylic acids is 1. The zero-order valence-electron chi connectivity index (χ0n) is 14.9. The number of aryl methyl sites for hydroxylation is 2. The normalized spacial score (nSPS) is 13.8. The molecule has 132 valence electrons. The molecule has 1 N–H and O–H groups in total. The molecule has 1 atom stereocenters. The summed E-state index contributed by atoms with van der Waals surface area (Å²) in [7, 11) is 0. The molecule has 0 heterocycles. The van der Waals surface area contributed by atoms with Gasteiger partial charge in [-0.3, -0.25) is 4.79 Å². The van der Waals surface area contributed by atoms with Crippen LogP contribution in [0.1, 0.15) is 37.8 Å². The van der Waals surface area contributed by atoms with E-state index >= 15 is 0 Å². The van der Waals surface area contributed by atoms with Gasteiger partial charge in [-0.25, -0.2) is 0 Å². The van der Waals surface area contributed by atoms with Crippen molar-refractivity contribution in [2.24, 2.45) is 0 Å². The standard InChI is InChI=1S/C21H25NO3/c1-3-19(25-17-13-12-15-8-7-9-16(15)14-17)21(23)22-18-10-5-6-11-20(18)24-4-2/h5-6,10-14,19H,3-4,7-9H2,1-2H3,(H,22,23). The van der Waals surface area contributed by atoms with E-state index < -0.39 is 6.10 Å². The molecule has 0 bridgehead atoms. The number of amides is 1. The van der Waals surface area contributed by atoms with Crippen LogP contribution in [0.3, 0.4) is 0 Å². The molecular formula is C21H25NO3. The molecule has 0 saturated heterocycles. The summed E-state index contributed by atoms with van der Waals surface area (Å²) in [6.45, 7) is 4.42. The maximum absolute atomic E-state index is 12.6. The maximum atomic E-state index is 12.6. The molecular weight excluding hydrogens is 314 g/mol. The average molecular weight is 339 g/mol. The molecule has 1 aliphatic rings. The molecule has 4 heteroatoms. The summed E-state index contributed by atoms with van der Waals surface area (Å²) in [5.41, 5.74) is 3.41. The van der Waals surface area contributed by atoms with E-state index in [0.717, 1.165) is 18.6 Å². The van der Waals surface area contributed by atoms with Gasteiger partial charge in [-0.15, -0.1) is 0 Å². The van der Waals surface area contributed by atoms with Crippen molar-refractivity contribution in [2.45, 2.75) is 45.6 Å². The Morgan fingerprint density at radius 1 is 1.12 bits per heavy atom. The molecule has 0 aromatic heterocycles. The van der Waals surface area contributed by atoms with E-state index in [1.54, 1.807) is 0 Å². The Morgan fingerprint density at radius 2 is 1.92 bits per heavy atom. The number of rotatable bonds is 7. The summed E-state index contributed by atoms with van der Waals surface area (Å²) in [5.74, 6) is 1.28. The minimum Gasteiger partial charge on any atom is -0.492 e. The molecule has 4 nitrogen and oxygen atoms in total. The summed E-state index contributed by atoms with van der Waals surface area (Å²) in [5, 5.41) is 2.93. The summed E-state index contributed by atoms with van der Waals surface area (Å²) in [4.78, 5) is 12.6. The number of anilines is 1. The largest absolute Gasteiger partial charge is 0.492 e. The lowest BCUT2D eigenvalue weighted by atomic mass is 10.1. The Hall–Kier alpha value is -2.49. The number of fused-ring (bicyclic) bond motifs is 1. The van der Waals surface area contributed by atoms with Gasteiger partial charge in [-0.2, -0.15) is 0 Å². The van der Waals surface area contributed by atoms with Gasteiger partial charge in [0.25, 0.3) is 5.91 Å². The number of carbonyl (C=O) groups is 1. The lowest BCUT2D eigenvalue weighted by Gasteiger charge is -2.19. The van der Waals surface area contributed by atoms with Crippen LogP contribution in [0.15, 0.2) is 42.5 Å². The molecule has 0 radical (unpaired) electrons. The van der Waals surface area contributed by atoms with Crippen molar-refractivity contribution < 1.29 is 14.3 Å². The average Bonchev–Trinajstić information content (AvgIpc) is 3.09. The molecule has 1 aliphatic carbocycles. The quantitative estimate of drug-likeness (QED) is 0.815. The van der Waals surface area contributed by atoms with Gasteiger partial charge in [0, 0.05) is 0 Å². The second-order valence-electron chi connectivity index (χ2n) is 6.22. The number of hydrogen-bond acceptors (Lipinski definition) is 3. The maximum Gasteiger partial charge on any atom is 0.265 e. The monoisotopic (exact) mass is 339 g/mol. The molecule has 25 heavy (non-hydrogen) atoms. The summed E-state index contributed by atoms with van der Waals surface area (Å²) >= 11 is 0. The van der Waals surface area contributed by atoms with Gasteiger partial charge in [-0.1, -0.05) is 25.1 Å². The lowest BCUT2D eigenvalue weighted by Crippen LogP contribution is -2.32. The highest BCUT2D eigenvalue weighted by Gasteiger charge is 2.21. The molecule has 1 amide bonds. The third-order valence-electron chi connectivity index (χ3n) is 4.46. The van der Waals surface area contributed by atoms with Gasteiger partial charge < -0.3 is 14.8 Å². The zero-order valence-corrected chi connectivity index (χ0v) is 14.9. The van der Waals surface area contributed by atoms with E-state index in [1.807, 2.05) is 44.2 Å². The van der Waals surface area contributed by atoms with Crippen LogP contribution < -0.4 is 14.8 Å². The molecule has 0 aliphatic heterocycles. The molecule has 2 aromatic carbocycles. The third kappa shape index (κ3) is 4.13. The van der Waals surface area contributed by atoms with Gasteiger partial charge in [0.2, 0.25) is 0 Å². The smallest absolute Gasteiger partial charge is 0.265 e. The van der Waals surface area contributed by atoms with Crippen molar-refractivity contribution in [1.82, 2.24) is 0 Å². The van der Waals surface area contributed by atoms with Crippen LogP contribution >= 0.6 is 0 Å². The highest BCUT2D eigenvalue weighted by atomic mass is 16.5. The van der Waals surface area contributed by atoms with Crippen LogP contribution in [0.5, 0.6) is 11.5 Å². The highest BCUT2D eigenvalue weighted by Crippen LogP contribution is 2.28. The number of hydrogen-bond donors (Lipinski definition) is 1. The number of ether oxygens (including phenoxy) is 2. The Labute approximate surface area is 149 Å². The van der Waals surface area contributed by atoms with E-state index in [0.29, 0.717) is 24.5 Å². The molecule has 0 fully saturated rings. The summed E-state index contributed by atoms with van der Waals surface area (Å²) in [6.07, 6.45) is 3.50. The predicted octanol–water partition coefficient (Wildman–Crippen LogP) is 4.37. The van der Waals surface area contributed by atoms with Crippen LogP contribution in [0.2, 0.25) is 0 Å². The van der Waals surface area contributed by atoms with E-state index in [9.17, 15) is 4.79 Å². The fourth-order valence-electron chi connectivity index (χ4n) is 3.17. The van der Waals surface area contributed by atoms with Crippen LogP contribution in [0.4, 0.5) is 5.69 Å². The summed E-state index contributed by atoms with van der Waals surface area (Å²) < 4.78 is 11.5. The second kappa shape index (κ2) is 8.06. The molecule has 3 rings (SSSR count). The highest BCUT2D eigenvalue weighted by molar-refractivity contribution is 5.95. The zero-order chi connectivity index (χ0) is 17.6. The van der Waals surface area contributed by atoms with Crippen molar-refractivity contribution in [3.63, 3.8) is 0 Å². The Balaban J connectivity index is 1.69. The predicted molar refractivity (Wildman–Crippen MR) is 99.4 cm³/mol. The fourth-order valence-corrected chi connectivity index (χ4v) is 3.17. The van der Waals surface area contributed by atoms with Crippen molar-refractivity contribution in [1.29, 1.82) is 0 Å². The molecule has 0 spiro atoms. The minimum atomic E-state index is -0.533. The Morgan fingerprint density at radius 3 is 2.72 bits per heavy atom. The molecule has 0 saturated carbocycles. The number of para-hydroxylation sites is 2. The van der Waals surface area contributed by atoms with Crippen LogP contribution in [-0.2, 0) is 17.6 Å².